The van der Waals surface area contributed by atoms with Crippen molar-refractivity contribution in [3.63, 3.8) is 0 Å². The fourth-order valence-corrected chi connectivity index (χ4v) is 1.66. The van der Waals surface area contributed by atoms with E-state index in [-0.39, 0.29) is 6.04 Å². The van der Waals surface area contributed by atoms with E-state index in [9.17, 15) is 0 Å². The van der Waals surface area contributed by atoms with Gasteiger partial charge in [0, 0.05) is 32.0 Å². The van der Waals surface area contributed by atoms with E-state index in [1.54, 1.807) is 18.5 Å². The number of nitriles is 1. The van der Waals surface area contributed by atoms with E-state index in [2.05, 4.69) is 26.3 Å². The first kappa shape index (κ1) is 10.0. The van der Waals surface area contributed by atoms with Gasteiger partial charge in [0.05, 0.1) is 12.6 Å². The Balaban J connectivity index is 2.01. The Bertz CT molecular complexity index is 345. The van der Waals surface area contributed by atoms with Crippen LogP contribution in [0.3, 0.4) is 0 Å². The normalized spacial score (nSPS) is 22.2. The van der Waals surface area contributed by atoms with Crippen LogP contribution in [-0.4, -0.2) is 40.5 Å². The van der Waals surface area contributed by atoms with Gasteiger partial charge >= 0.3 is 0 Å². The number of piperazine rings is 1. The van der Waals surface area contributed by atoms with Gasteiger partial charge in [0.15, 0.2) is 0 Å². The van der Waals surface area contributed by atoms with Crippen LogP contribution in [0.5, 0.6) is 0 Å². The summed E-state index contributed by atoms with van der Waals surface area (Å²) in [7, 11) is 0. The molecule has 2 heterocycles. The largest absolute Gasteiger partial charge is 0.313 e. The Morgan fingerprint density at radius 2 is 2.33 bits per heavy atom. The van der Waals surface area contributed by atoms with E-state index in [0.29, 0.717) is 6.54 Å². The van der Waals surface area contributed by atoms with Crippen LogP contribution < -0.4 is 5.32 Å². The van der Waals surface area contributed by atoms with Gasteiger partial charge in [-0.3, -0.25) is 4.90 Å². The maximum atomic E-state index is 8.97. The summed E-state index contributed by atoms with van der Waals surface area (Å²) in [5, 5.41) is 12.2. The molecular formula is C10H13N5. The molecule has 1 aromatic rings. The molecule has 78 valence electrons. The molecule has 0 saturated carbocycles. The van der Waals surface area contributed by atoms with E-state index in [1.807, 2.05) is 0 Å². The lowest BCUT2D eigenvalue weighted by molar-refractivity contribution is 0.185. The molecule has 1 aromatic heterocycles. The number of hydrogen-bond acceptors (Lipinski definition) is 5. The first-order valence-corrected chi connectivity index (χ1v) is 5.00. The van der Waals surface area contributed by atoms with E-state index in [0.717, 1.165) is 25.5 Å². The quantitative estimate of drug-likeness (QED) is 0.719. The lowest BCUT2D eigenvalue weighted by Crippen LogP contribution is -2.50. The Hall–Kier alpha value is -1.51. The van der Waals surface area contributed by atoms with Crippen molar-refractivity contribution in [3.05, 3.63) is 24.3 Å². The lowest BCUT2D eigenvalue weighted by Gasteiger charge is -2.31. The summed E-state index contributed by atoms with van der Waals surface area (Å²) < 4.78 is 0. The average molecular weight is 203 g/mol. The van der Waals surface area contributed by atoms with Crippen molar-refractivity contribution in [3.8, 4) is 6.07 Å². The zero-order valence-corrected chi connectivity index (χ0v) is 8.43. The van der Waals surface area contributed by atoms with Gasteiger partial charge < -0.3 is 5.32 Å². The van der Waals surface area contributed by atoms with Gasteiger partial charge in [0.1, 0.15) is 11.9 Å². The number of aromatic nitrogens is 2. The van der Waals surface area contributed by atoms with Gasteiger partial charge in [-0.25, -0.2) is 9.97 Å². The molecule has 1 saturated heterocycles. The van der Waals surface area contributed by atoms with Crippen LogP contribution in [0.1, 0.15) is 5.82 Å². The van der Waals surface area contributed by atoms with Gasteiger partial charge in [0.2, 0.25) is 0 Å². The smallest absolute Gasteiger partial charge is 0.142 e. The second kappa shape index (κ2) is 4.82. The third kappa shape index (κ3) is 2.49. The number of nitrogens with zero attached hydrogens (tertiary/aromatic N) is 4. The van der Waals surface area contributed by atoms with Gasteiger partial charge in [-0.1, -0.05) is 0 Å². The van der Waals surface area contributed by atoms with Crippen molar-refractivity contribution >= 4 is 0 Å². The molecule has 0 aromatic carbocycles. The van der Waals surface area contributed by atoms with Crippen molar-refractivity contribution in [1.82, 2.24) is 20.2 Å². The second-order valence-corrected chi connectivity index (χ2v) is 3.48. The molecule has 1 N–H and O–H groups in total. The zero-order chi connectivity index (χ0) is 10.5. The average Bonchev–Trinajstić information content (AvgIpc) is 2.31. The molecule has 1 aliphatic heterocycles. The summed E-state index contributed by atoms with van der Waals surface area (Å²) in [6, 6.07) is 4.01. The molecule has 1 aliphatic rings. The molecule has 5 nitrogen and oxygen atoms in total. The molecule has 0 spiro atoms. The van der Waals surface area contributed by atoms with Crippen LogP contribution in [0.4, 0.5) is 0 Å². The lowest BCUT2D eigenvalue weighted by atomic mass is 10.2. The summed E-state index contributed by atoms with van der Waals surface area (Å²) in [6.07, 6.45) is 3.46. The van der Waals surface area contributed by atoms with Crippen LogP contribution in [0.15, 0.2) is 18.5 Å². The predicted molar refractivity (Wildman–Crippen MR) is 54.7 cm³/mol. The van der Waals surface area contributed by atoms with Gasteiger partial charge in [-0.2, -0.15) is 5.26 Å². The van der Waals surface area contributed by atoms with Crippen LogP contribution >= 0.6 is 0 Å². The van der Waals surface area contributed by atoms with Gasteiger partial charge in [-0.05, 0) is 6.07 Å². The summed E-state index contributed by atoms with van der Waals surface area (Å²) >= 11 is 0. The van der Waals surface area contributed by atoms with Crippen molar-refractivity contribution in [2.45, 2.75) is 12.6 Å². The Morgan fingerprint density at radius 1 is 1.53 bits per heavy atom. The molecular weight excluding hydrogens is 190 g/mol. The minimum absolute atomic E-state index is 0.0671. The van der Waals surface area contributed by atoms with Gasteiger partial charge in [-0.15, -0.1) is 0 Å². The number of rotatable bonds is 2. The highest BCUT2D eigenvalue weighted by Crippen LogP contribution is 2.05. The molecule has 0 aliphatic carbocycles. The Morgan fingerprint density at radius 3 is 3.07 bits per heavy atom. The molecule has 1 unspecified atom stereocenters. The first-order valence-electron chi connectivity index (χ1n) is 5.00. The number of hydrogen-bond donors (Lipinski definition) is 1. The van der Waals surface area contributed by atoms with E-state index in [4.69, 9.17) is 5.26 Å². The van der Waals surface area contributed by atoms with Crippen LogP contribution in [0.25, 0.3) is 0 Å². The van der Waals surface area contributed by atoms with Crippen LogP contribution in [0, 0.1) is 11.3 Å². The molecule has 1 fully saturated rings. The van der Waals surface area contributed by atoms with Crippen LogP contribution in [-0.2, 0) is 6.54 Å². The summed E-state index contributed by atoms with van der Waals surface area (Å²) in [6.45, 7) is 3.17. The maximum absolute atomic E-state index is 8.97. The molecule has 15 heavy (non-hydrogen) atoms. The highest BCUT2D eigenvalue weighted by atomic mass is 15.2. The first-order chi connectivity index (χ1) is 7.40. The van der Waals surface area contributed by atoms with E-state index >= 15 is 0 Å². The second-order valence-electron chi connectivity index (χ2n) is 3.48. The minimum Gasteiger partial charge on any atom is -0.313 e. The predicted octanol–water partition coefficient (Wildman–Crippen LogP) is -0.226. The summed E-state index contributed by atoms with van der Waals surface area (Å²) in [4.78, 5) is 10.4. The van der Waals surface area contributed by atoms with E-state index < -0.39 is 0 Å². The van der Waals surface area contributed by atoms with Crippen molar-refractivity contribution in [2.24, 2.45) is 0 Å². The summed E-state index contributed by atoms with van der Waals surface area (Å²) in [5.41, 5.74) is 0. The maximum Gasteiger partial charge on any atom is 0.142 e. The Kier molecular flexibility index (Phi) is 3.22. The zero-order valence-electron chi connectivity index (χ0n) is 8.43. The fraction of sp³-hybridized carbons (Fsp3) is 0.500. The molecule has 0 radical (unpaired) electrons. The molecule has 1 atom stereocenters. The highest BCUT2D eigenvalue weighted by molar-refractivity contribution is 4.98. The fourth-order valence-electron chi connectivity index (χ4n) is 1.66. The highest BCUT2D eigenvalue weighted by Gasteiger charge is 2.22. The standard InChI is InChI=1S/C10H13N5/c11-6-9-7-12-4-5-15(9)8-10-13-2-1-3-14-10/h1-3,9,12H,4-5,7-8H2. The molecule has 5 heteroatoms. The monoisotopic (exact) mass is 203 g/mol. The van der Waals surface area contributed by atoms with Crippen molar-refractivity contribution in [1.29, 1.82) is 5.26 Å². The third-order valence-corrected chi connectivity index (χ3v) is 2.47. The summed E-state index contributed by atoms with van der Waals surface area (Å²) in [5.74, 6) is 0.777. The van der Waals surface area contributed by atoms with Crippen molar-refractivity contribution < 1.29 is 0 Å². The molecule has 0 amide bonds. The van der Waals surface area contributed by atoms with Crippen molar-refractivity contribution in [2.75, 3.05) is 19.6 Å². The van der Waals surface area contributed by atoms with Crippen LogP contribution in [0.2, 0.25) is 0 Å². The number of nitrogens with one attached hydrogen (secondary N) is 1. The topological polar surface area (TPSA) is 64.8 Å². The Labute approximate surface area is 88.8 Å². The SMILES string of the molecule is N#CC1CNCCN1Cc1ncccn1. The third-order valence-electron chi connectivity index (χ3n) is 2.47. The minimum atomic E-state index is -0.0671. The molecule has 0 bridgehead atoms. The van der Waals surface area contributed by atoms with E-state index in [1.165, 1.54) is 0 Å². The van der Waals surface area contributed by atoms with Gasteiger partial charge in [0.25, 0.3) is 0 Å². The molecule has 2 rings (SSSR count).